The Hall–Kier alpha value is -2.07. The molecule has 2 rings (SSSR count). The number of guanidine groups is 1. The first-order valence-corrected chi connectivity index (χ1v) is 8.95. The molecular weight excluding hydrogens is 332 g/mol. The second kappa shape index (κ2) is 9.42. The maximum Gasteiger partial charge on any atom is 0.191 e. The summed E-state index contributed by atoms with van der Waals surface area (Å²) < 4.78 is 0. The van der Waals surface area contributed by atoms with Gasteiger partial charge < -0.3 is 10.6 Å². The third-order valence-corrected chi connectivity index (χ3v) is 4.20. The van der Waals surface area contributed by atoms with Crippen LogP contribution in [-0.4, -0.2) is 31.1 Å². The Kier molecular flexibility index (Phi) is 7.26. The molecule has 2 aromatic rings. The third-order valence-electron chi connectivity index (χ3n) is 3.98. The number of rotatable bonds is 7. The van der Waals surface area contributed by atoms with Crippen molar-refractivity contribution in [3.63, 3.8) is 0 Å². The zero-order valence-electron chi connectivity index (χ0n) is 15.2. The van der Waals surface area contributed by atoms with Crippen LogP contribution >= 0.6 is 11.6 Å². The van der Waals surface area contributed by atoms with Crippen LogP contribution in [0.2, 0.25) is 5.15 Å². The normalized spacial score (nSPS) is 12.1. The molecule has 2 N–H and O–H groups in total. The second-order valence-electron chi connectivity index (χ2n) is 6.92. The lowest BCUT2D eigenvalue weighted by Crippen LogP contribution is -2.43. The van der Waals surface area contributed by atoms with Gasteiger partial charge in [-0.15, -0.1) is 0 Å². The molecule has 5 heteroatoms. The van der Waals surface area contributed by atoms with Gasteiger partial charge in [0, 0.05) is 26.3 Å². The van der Waals surface area contributed by atoms with Crippen molar-refractivity contribution in [3.8, 4) is 0 Å². The Labute approximate surface area is 155 Å². The van der Waals surface area contributed by atoms with Gasteiger partial charge >= 0.3 is 0 Å². The topological polar surface area (TPSA) is 49.3 Å². The minimum Gasteiger partial charge on any atom is -0.356 e. The van der Waals surface area contributed by atoms with Crippen LogP contribution in [0.3, 0.4) is 0 Å². The fraction of sp³-hybridized carbons (Fsp3) is 0.400. The summed E-state index contributed by atoms with van der Waals surface area (Å²) in [6.45, 7) is 6.17. The molecule has 1 aromatic heterocycles. The highest BCUT2D eigenvalue weighted by Gasteiger charge is 2.18. The van der Waals surface area contributed by atoms with Gasteiger partial charge in [0.05, 0.1) is 0 Å². The lowest BCUT2D eigenvalue weighted by Gasteiger charge is -2.26. The molecule has 1 heterocycles. The predicted molar refractivity (Wildman–Crippen MR) is 106 cm³/mol. The summed E-state index contributed by atoms with van der Waals surface area (Å²) in [4.78, 5) is 8.40. The molecule has 134 valence electrons. The highest BCUT2D eigenvalue weighted by Crippen LogP contribution is 2.20. The second-order valence-corrected chi connectivity index (χ2v) is 7.31. The van der Waals surface area contributed by atoms with Crippen LogP contribution in [0.25, 0.3) is 0 Å². The molecule has 0 aliphatic heterocycles. The molecule has 0 spiro atoms. The van der Waals surface area contributed by atoms with Crippen molar-refractivity contribution in [1.29, 1.82) is 0 Å². The number of benzene rings is 1. The third kappa shape index (κ3) is 7.14. The van der Waals surface area contributed by atoms with E-state index in [1.165, 1.54) is 5.56 Å². The van der Waals surface area contributed by atoms with E-state index < -0.39 is 0 Å². The van der Waals surface area contributed by atoms with Gasteiger partial charge in [-0.05, 0) is 35.4 Å². The Balaban J connectivity index is 1.76. The van der Waals surface area contributed by atoms with Gasteiger partial charge in [-0.25, -0.2) is 4.98 Å². The quantitative estimate of drug-likeness (QED) is 0.450. The van der Waals surface area contributed by atoms with E-state index in [-0.39, 0.29) is 5.41 Å². The average molecular weight is 359 g/mol. The van der Waals surface area contributed by atoms with Gasteiger partial charge in [-0.2, -0.15) is 0 Å². The molecule has 0 aliphatic rings. The van der Waals surface area contributed by atoms with E-state index in [0.29, 0.717) is 5.15 Å². The van der Waals surface area contributed by atoms with Crippen LogP contribution in [0, 0.1) is 5.41 Å². The maximum absolute atomic E-state index is 5.80. The van der Waals surface area contributed by atoms with Crippen molar-refractivity contribution in [2.24, 2.45) is 10.4 Å². The van der Waals surface area contributed by atoms with E-state index in [4.69, 9.17) is 11.6 Å². The van der Waals surface area contributed by atoms with Gasteiger partial charge in [0.15, 0.2) is 5.96 Å². The maximum atomic E-state index is 5.80. The molecule has 0 amide bonds. The summed E-state index contributed by atoms with van der Waals surface area (Å²) in [6, 6.07) is 14.4. The predicted octanol–water partition coefficient (Wildman–Crippen LogP) is 3.71. The van der Waals surface area contributed by atoms with Gasteiger partial charge in [0.1, 0.15) is 5.15 Å². The Morgan fingerprint density at radius 3 is 2.48 bits per heavy atom. The molecule has 0 atom stereocenters. The van der Waals surface area contributed by atoms with Crippen molar-refractivity contribution in [3.05, 3.63) is 64.9 Å². The lowest BCUT2D eigenvalue weighted by atomic mass is 9.86. The summed E-state index contributed by atoms with van der Waals surface area (Å²) in [5.41, 5.74) is 2.64. The molecule has 0 fully saturated rings. The van der Waals surface area contributed by atoms with Crippen LogP contribution in [-0.2, 0) is 12.8 Å². The number of aromatic nitrogens is 1. The summed E-state index contributed by atoms with van der Waals surface area (Å²) in [7, 11) is 1.80. The summed E-state index contributed by atoms with van der Waals surface area (Å²) in [5, 5.41) is 7.30. The Morgan fingerprint density at radius 2 is 1.84 bits per heavy atom. The smallest absolute Gasteiger partial charge is 0.191 e. The van der Waals surface area contributed by atoms with Gasteiger partial charge in [-0.3, -0.25) is 4.99 Å². The summed E-state index contributed by atoms with van der Waals surface area (Å²) >= 11 is 5.80. The first kappa shape index (κ1) is 19.3. The van der Waals surface area contributed by atoms with Crippen molar-refractivity contribution in [2.45, 2.75) is 26.7 Å². The van der Waals surface area contributed by atoms with Crippen LogP contribution in [0.5, 0.6) is 0 Å². The SMILES string of the molecule is CN=C(NCCc1ccc(Cl)nc1)NCC(C)(C)Cc1ccccc1. The molecule has 0 unspecified atom stereocenters. The monoisotopic (exact) mass is 358 g/mol. The van der Waals surface area contributed by atoms with Gasteiger partial charge in [0.25, 0.3) is 0 Å². The van der Waals surface area contributed by atoms with Gasteiger partial charge in [-0.1, -0.05) is 61.8 Å². The Bertz CT molecular complexity index is 666. The van der Waals surface area contributed by atoms with Crippen molar-refractivity contribution < 1.29 is 0 Å². The van der Waals surface area contributed by atoms with Crippen LogP contribution in [0.15, 0.2) is 53.7 Å². The molecule has 0 aliphatic carbocycles. The molecule has 1 aromatic carbocycles. The fourth-order valence-electron chi connectivity index (χ4n) is 2.63. The Morgan fingerprint density at radius 1 is 1.08 bits per heavy atom. The standard InChI is InChI=1S/C20H27ClN4/c1-20(2,13-16-7-5-4-6-8-16)15-25-19(22-3)23-12-11-17-9-10-18(21)24-14-17/h4-10,14H,11-13,15H2,1-3H3,(H2,22,23,25). The minimum atomic E-state index is 0.138. The average Bonchev–Trinajstić information content (AvgIpc) is 2.60. The van der Waals surface area contributed by atoms with Crippen LogP contribution < -0.4 is 10.6 Å². The highest BCUT2D eigenvalue weighted by atomic mass is 35.5. The molecule has 25 heavy (non-hydrogen) atoms. The van der Waals surface area contributed by atoms with E-state index >= 15 is 0 Å². The minimum absolute atomic E-state index is 0.138. The van der Waals surface area contributed by atoms with Crippen molar-refractivity contribution in [2.75, 3.05) is 20.1 Å². The molecular formula is C20H27ClN4. The number of halogens is 1. The van der Waals surface area contributed by atoms with Gasteiger partial charge in [0.2, 0.25) is 0 Å². The van der Waals surface area contributed by atoms with E-state index in [2.05, 4.69) is 64.8 Å². The van der Waals surface area contributed by atoms with Crippen LogP contribution in [0.1, 0.15) is 25.0 Å². The first-order chi connectivity index (χ1) is 12.0. The number of nitrogens with one attached hydrogen (secondary N) is 2. The number of aliphatic imine (C=N–C) groups is 1. The zero-order valence-corrected chi connectivity index (χ0v) is 16.0. The van der Waals surface area contributed by atoms with Crippen LogP contribution in [0.4, 0.5) is 0 Å². The van der Waals surface area contributed by atoms with Crippen molar-refractivity contribution >= 4 is 17.6 Å². The number of pyridine rings is 1. The molecule has 4 nitrogen and oxygen atoms in total. The van der Waals surface area contributed by atoms with E-state index in [9.17, 15) is 0 Å². The summed E-state index contributed by atoms with van der Waals surface area (Å²) in [6.07, 6.45) is 3.70. The van der Waals surface area contributed by atoms with E-state index in [1.807, 2.05) is 18.3 Å². The van der Waals surface area contributed by atoms with E-state index in [1.54, 1.807) is 7.05 Å². The van der Waals surface area contributed by atoms with Crippen molar-refractivity contribution in [1.82, 2.24) is 15.6 Å². The molecule has 0 bridgehead atoms. The van der Waals surface area contributed by atoms with E-state index in [0.717, 1.165) is 37.5 Å². The number of nitrogens with zero attached hydrogens (tertiary/aromatic N) is 2. The zero-order chi connectivity index (χ0) is 18.1. The first-order valence-electron chi connectivity index (χ1n) is 8.57. The largest absolute Gasteiger partial charge is 0.356 e. The fourth-order valence-corrected chi connectivity index (χ4v) is 2.75. The lowest BCUT2D eigenvalue weighted by molar-refractivity contribution is 0.359. The number of hydrogen-bond acceptors (Lipinski definition) is 2. The molecule has 0 saturated heterocycles. The number of hydrogen-bond donors (Lipinski definition) is 2. The highest BCUT2D eigenvalue weighted by molar-refractivity contribution is 6.29. The molecule has 0 saturated carbocycles. The molecule has 0 radical (unpaired) electrons. The summed E-state index contributed by atoms with van der Waals surface area (Å²) in [5.74, 6) is 0.822.